The number of nitrogens with one attached hydrogen (secondary N) is 1. The maximum absolute atomic E-state index is 5.61. The number of allylic oxidation sites excluding steroid dienone is 2. The predicted octanol–water partition coefficient (Wildman–Crippen LogP) is 7.18. The number of ether oxygens (including phenoxy) is 1. The lowest BCUT2D eigenvalue weighted by Gasteiger charge is -2.21. The first-order valence-electron chi connectivity index (χ1n) is 8.38. The lowest BCUT2D eigenvalue weighted by molar-refractivity contribution is 0.436. The van der Waals surface area contributed by atoms with Gasteiger partial charge in [-0.05, 0) is 24.3 Å². The molecule has 0 atom stereocenters. The summed E-state index contributed by atoms with van der Waals surface area (Å²) < 4.78 is 5.61. The predicted molar refractivity (Wildman–Crippen MR) is 104 cm³/mol. The zero-order valence-electron chi connectivity index (χ0n) is 15.8. The zero-order chi connectivity index (χ0) is 18.0. The zero-order valence-corrected chi connectivity index (χ0v) is 15.8. The normalized spacial score (nSPS) is 9.82. The van der Waals surface area contributed by atoms with E-state index in [4.69, 9.17) is 4.74 Å². The first-order chi connectivity index (χ1) is 10.8. The molecule has 0 saturated carbocycles. The molecule has 126 valence electrons. The number of hydrogen-bond donors (Lipinski definition) is 1. The van der Waals surface area contributed by atoms with E-state index in [0.29, 0.717) is 5.76 Å². The maximum Gasteiger partial charge on any atom is 0.150 e. The Morgan fingerprint density at radius 2 is 1.32 bits per heavy atom. The van der Waals surface area contributed by atoms with Gasteiger partial charge in [-0.2, -0.15) is 0 Å². The van der Waals surface area contributed by atoms with E-state index in [2.05, 4.69) is 18.5 Å². The van der Waals surface area contributed by atoms with E-state index in [9.17, 15) is 0 Å². The second kappa shape index (κ2) is 19.0. The molecule has 1 aromatic rings. The van der Waals surface area contributed by atoms with Crippen molar-refractivity contribution in [2.75, 3.05) is 5.32 Å². The molecular formula is C20H35NO. The molecule has 0 spiro atoms. The van der Waals surface area contributed by atoms with Gasteiger partial charge in [0, 0.05) is 0 Å². The Bertz CT molecular complexity index is 380. The summed E-state index contributed by atoms with van der Waals surface area (Å²) in [5.41, 5.74) is 1.80. The van der Waals surface area contributed by atoms with Crippen LogP contribution >= 0.6 is 0 Å². The summed E-state index contributed by atoms with van der Waals surface area (Å²) in [7, 11) is 0. The Kier molecular flexibility index (Phi) is 21.7. The first kappa shape index (κ1) is 25.0. The van der Waals surface area contributed by atoms with Gasteiger partial charge in [0.05, 0.1) is 11.4 Å². The second-order valence-corrected chi connectivity index (χ2v) is 2.91. The van der Waals surface area contributed by atoms with Crippen LogP contribution in [0.2, 0.25) is 0 Å². The minimum absolute atomic E-state index is 0.707. The summed E-state index contributed by atoms with van der Waals surface area (Å²) in [6, 6.07) is 7.75. The van der Waals surface area contributed by atoms with Gasteiger partial charge >= 0.3 is 0 Å². The van der Waals surface area contributed by atoms with Crippen molar-refractivity contribution in [1.29, 1.82) is 0 Å². The molecule has 1 aliphatic heterocycles. The molecule has 0 bridgehead atoms. The van der Waals surface area contributed by atoms with Crippen LogP contribution < -0.4 is 10.1 Å². The van der Waals surface area contributed by atoms with Crippen molar-refractivity contribution in [2.45, 2.75) is 55.4 Å². The summed E-state index contributed by atoms with van der Waals surface area (Å²) >= 11 is 0. The van der Waals surface area contributed by atoms with Gasteiger partial charge in [-0.3, -0.25) is 0 Å². The molecule has 1 aromatic carbocycles. The van der Waals surface area contributed by atoms with Crippen LogP contribution in [-0.2, 0) is 0 Å². The quantitative estimate of drug-likeness (QED) is 0.624. The molecule has 22 heavy (non-hydrogen) atoms. The SMILES string of the molecule is C=CC1=C(C=C)Oc2ccccc2N1.CC.CC.CC.CC. The summed E-state index contributed by atoms with van der Waals surface area (Å²) in [5, 5.41) is 3.21. The van der Waals surface area contributed by atoms with Crippen LogP contribution in [0.4, 0.5) is 5.69 Å². The van der Waals surface area contributed by atoms with Crippen molar-refractivity contribution in [1.82, 2.24) is 0 Å². The van der Waals surface area contributed by atoms with E-state index in [0.717, 1.165) is 17.1 Å². The monoisotopic (exact) mass is 305 g/mol. The summed E-state index contributed by atoms with van der Waals surface area (Å²) in [4.78, 5) is 0. The molecule has 2 heteroatoms. The average molecular weight is 306 g/mol. The molecule has 2 nitrogen and oxygen atoms in total. The third-order valence-corrected chi connectivity index (χ3v) is 2.03. The number of anilines is 1. The standard InChI is InChI=1S/C12H11NO.4C2H6/c1-3-9-11(4-2)14-12-8-6-5-7-10(12)13-9;4*1-2/h3-8,13H,1-2H2;4*1-2H3. The smallest absolute Gasteiger partial charge is 0.150 e. The van der Waals surface area contributed by atoms with E-state index < -0.39 is 0 Å². The fourth-order valence-corrected chi connectivity index (χ4v) is 1.34. The average Bonchev–Trinajstić information content (AvgIpc) is 2.67. The molecule has 1 aliphatic rings. The second-order valence-electron chi connectivity index (χ2n) is 2.91. The highest BCUT2D eigenvalue weighted by molar-refractivity contribution is 5.64. The summed E-state index contributed by atoms with van der Waals surface area (Å²) in [6.45, 7) is 23.4. The third kappa shape index (κ3) is 8.35. The Balaban J connectivity index is -0.000000394. The van der Waals surface area contributed by atoms with Gasteiger partial charge in [0.15, 0.2) is 5.75 Å². The summed E-state index contributed by atoms with van der Waals surface area (Å²) in [5.74, 6) is 1.52. The van der Waals surface area contributed by atoms with Gasteiger partial charge in [-0.1, -0.05) is 80.7 Å². The minimum atomic E-state index is 0.707. The Labute approximate surface area is 138 Å². The Morgan fingerprint density at radius 1 is 0.818 bits per heavy atom. The van der Waals surface area contributed by atoms with Gasteiger partial charge in [-0.25, -0.2) is 0 Å². The van der Waals surface area contributed by atoms with Crippen LogP contribution in [0.3, 0.4) is 0 Å². The van der Waals surface area contributed by atoms with E-state index in [-0.39, 0.29) is 0 Å². The summed E-state index contributed by atoms with van der Waals surface area (Å²) in [6.07, 6.45) is 3.38. The Hall–Kier alpha value is -1.96. The van der Waals surface area contributed by atoms with Crippen LogP contribution in [0.15, 0.2) is 61.0 Å². The van der Waals surface area contributed by atoms with Gasteiger partial charge in [-0.15, -0.1) is 0 Å². The molecule has 0 aromatic heterocycles. The molecule has 0 saturated heterocycles. The lowest BCUT2D eigenvalue weighted by atomic mass is 10.2. The van der Waals surface area contributed by atoms with Crippen molar-refractivity contribution in [2.24, 2.45) is 0 Å². The van der Waals surface area contributed by atoms with Crippen LogP contribution in [0.5, 0.6) is 5.75 Å². The largest absolute Gasteiger partial charge is 0.453 e. The van der Waals surface area contributed by atoms with E-state index >= 15 is 0 Å². The number of para-hydroxylation sites is 2. The highest BCUT2D eigenvalue weighted by Crippen LogP contribution is 2.32. The maximum atomic E-state index is 5.61. The van der Waals surface area contributed by atoms with Crippen molar-refractivity contribution < 1.29 is 4.74 Å². The minimum Gasteiger partial charge on any atom is -0.453 e. The van der Waals surface area contributed by atoms with Crippen molar-refractivity contribution >= 4 is 5.69 Å². The molecule has 2 rings (SSSR count). The molecule has 0 radical (unpaired) electrons. The van der Waals surface area contributed by atoms with Crippen LogP contribution in [0, 0.1) is 0 Å². The molecule has 0 fully saturated rings. The van der Waals surface area contributed by atoms with Crippen molar-refractivity contribution in [3.8, 4) is 5.75 Å². The van der Waals surface area contributed by atoms with Crippen molar-refractivity contribution in [3.05, 3.63) is 61.0 Å². The number of hydrogen-bond acceptors (Lipinski definition) is 2. The highest BCUT2D eigenvalue weighted by atomic mass is 16.5. The molecule has 0 unspecified atom stereocenters. The topological polar surface area (TPSA) is 21.3 Å². The number of rotatable bonds is 2. The first-order valence-corrected chi connectivity index (χ1v) is 8.38. The van der Waals surface area contributed by atoms with Gasteiger partial charge in [0.2, 0.25) is 0 Å². The molecule has 1 heterocycles. The van der Waals surface area contributed by atoms with Gasteiger partial charge in [0.25, 0.3) is 0 Å². The van der Waals surface area contributed by atoms with E-state index in [1.165, 1.54) is 0 Å². The van der Waals surface area contributed by atoms with E-state index in [1.807, 2.05) is 79.7 Å². The number of fused-ring (bicyclic) bond motifs is 1. The van der Waals surface area contributed by atoms with Crippen LogP contribution in [0.1, 0.15) is 55.4 Å². The van der Waals surface area contributed by atoms with Gasteiger partial charge in [0.1, 0.15) is 5.76 Å². The molecule has 0 aliphatic carbocycles. The van der Waals surface area contributed by atoms with Crippen molar-refractivity contribution in [3.63, 3.8) is 0 Å². The van der Waals surface area contributed by atoms with Crippen LogP contribution in [-0.4, -0.2) is 0 Å². The lowest BCUT2D eigenvalue weighted by Crippen LogP contribution is -2.11. The highest BCUT2D eigenvalue weighted by Gasteiger charge is 2.14. The van der Waals surface area contributed by atoms with E-state index in [1.54, 1.807) is 12.2 Å². The molecule has 0 amide bonds. The molecule has 1 N–H and O–H groups in total. The number of benzene rings is 1. The molecular weight excluding hydrogens is 270 g/mol. The Morgan fingerprint density at radius 3 is 1.77 bits per heavy atom. The van der Waals surface area contributed by atoms with Gasteiger partial charge < -0.3 is 10.1 Å². The fourth-order valence-electron chi connectivity index (χ4n) is 1.34. The van der Waals surface area contributed by atoms with Crippen LogP contribution in [0.25, 0.3) is 0 Å². The fraction of sp³-hybridized carbons (Fsp3) is 0.400. The third-order valence-electron chi connectivity index (χ3n) is 2.03.